The van der Waals surface area contributed by atoms with Gasteiger partial charge in [0.25, 0.3) is 11.8 Å². The lowest BCUT2D eigenvalue weighted by Crippen LogP contribution is -2.63. The van der Waals surface area contributed by atoms with E-state index in [0.29, 0.717) is 23.2 Å². The molecule has 1 atom stereocenters. The van der Waals surface area contributed by atoms with Gasteiger partial charge in [-0.25, -0.2) is 4.79 Å². The van der Waals surface area contributed by atoms with Crippen molar-refractivity contribution < 1.29 is 19.1 Å². The minimum atomic E-state index is -1.58. The van der Waals surface area contributed by atoms with Gasteiger partial charge in [-0.3, -0.25) is 19.8 Å². The van der Waals surface area contributed by atoms with Crippen LogP contribution < -0.4 is 5.32 Å². The minimum absolute atomic E-state index is 0.254. The summed E-state index contributed by atoms with van der Waals surface area (Å²) in [7, 11) is 0. The lowest BCUT2D eigenvalue weighted by molar-refractivity contribution is -0.135. The molecular formula is C21H25N3O4. The highest BCUT2D eigenvalue weighted by molar-refractivity contribution is 6.14. The maximum absolute atomic E-state index is 13.6. The summed E-state index contributed by atoms with van der Waals surface area (Å²) in [5.74, 6) is -0.873. The quantitative estimate of drug-likeness (QED) is 0.794. The van der Waals surface area contributed by atoms with Gasteiger partial charge in [-0.1, -0.05) is 25.1 Å². The molecule has 0 unspecified atom stereocenters. The van der Waals surface area contributed by atoms with Crippen molar-refractivity contribution in [2.75, 3.05) is 6.54 Å². The predicted octanol–water partition coefficient (Wildman–Crippen LogP) is 3.18. The van der Waals surface area contributed by atoms with Crippen LogP contribution in [0.15, 0.2) is 42.6 Å². The summed E-state index contributed by atoms with van der Waals surface area (Å²) in [5.41, 5.74) is -1.06. The van der Waals surface area contributed by atoms with Gasteiger partial charge in [-0.15, -0.1) is 0 Å². The number of aromatic amines is 1. The third kappa shape index (κ3) is 3.28. The van der Waals surface area contributed by atoms with Crippen LogP contribution in [0.5, 0.6) is 0 Å². The number of fused-ring (bicyclic) bond motifs is 1. The zero-order valence-corrected chi connectivity index (χ0v) is 16.5. The van der Waals surface area contributed by atoms with E-state index in [0.717, 1.165) is 0 Å². The Kier molecular flexibility index (Phi) is 5.02. The standard InChI is InChI=1S/C21H25N3O4/c1-5-13-24-17(25)14-9-6-7-10-15(14)21(18(24)26,16-11-8-12-22-16)23-19(27)28-20(2,3)4/h6-12,22H,5,13H2,1-4H3,(H,23,27)/t21-/m0/s1. The van der Waals surface area contributed by atoms with Crippen molar-refractivity contribution in [3.63, 3.8) is 0 Å². The molecule has 0 aliphatic carbocycles. The van der Waals surface area contributed by atoms with Gasteiger partial charge in [0.2, 0.25) is 0 Å². The summed E-state index contributed by atoms with van der Waals surface area (Å²) in [4.78, 5) is 43.5. The van der Waals surface area contributed by atoms with E-state index in [-0.39, 0.29) is 12.5 Å². The van der Waals surface area contributed by atoms with Gasteiger partial charge >= 0.3 is 6.09 Å². The first-order valence-electron chi connectivity index (χ1n) is 9.31. The Labute approximate surface area is 164 Å². The Morgan fingerprint density at radius 3 is 2.50 bits per heavy atom. The lowest BCUT2D eigenvalue weighted by atomic mass is 9.79. The molecule has 7 nitrogen and oxygen atoms in total. The molecule has 28 heavy (non-hydrogen) atoms. The molecule has 1 aromatic carbocycles. The Morgan fingerprint density at radius 1 is 1.18 bits per heavy atom. The number of alkyl carbamates (subject to hydrolysis) is 1. The molecule has 1 aromatic heterocycles. The number of benzene rings is 1. The molecule has 7 heteroatoms. The zero-order valence-electron chi connectivity index (χ0n) is 16.5. The topological polar surface area (TPSA) is 91.5 Å². The molecule has 0 spiro atoms. The highest BCUT2D eigenvalue weighted by atomic mass is 16.6. The lowest BCUT2D eigenvalue weighted by Gasteiger charge is -2.41. The number of nitrogens with zero attached hydrogens (tertiary/aromatic N) is 1. The van der Waals surface area contributed by atoms with Gasteiger partial charge in [-0.05, 0) is 45.4 Å². The molecule has 3 rings (SSSR count). The second kappa shape index (κ2) is 7.14. The molecule has 148 valence electrons. The Morgan fingerprint density at radius 2 is 1.89 bits per heavy atom. The van der Waals surface area contributed by atoms with E-state index < -0.39 is 23.1 Å². The van der Waals surface area contributed by atoms with Crippen molar-refractivity contribution in [2.24, 2.45) is 0 Å². The van der Waals surface area contributed by atoms with Gasteiger partial charge in [0, 0.05) is 23.9 Å². The number of carbonyl (C=O) groups excluding carboxylic acids is 3. The summed E-state index contributed by atoms with van der Waals surface area (Å²) in [5, 5.41) is 2.77. The first-order chi connectivity index (χ1) is 13.2. The number of amides is 3. The number of hydrogen-bond donors (Lipinski definition) is 2. The maximum Gasteiger partial charge on any atom is 0.409 e. The molecule has 2 aromatic rings. The molecule has 1 aliphatic rings. The molecule has 3 amide bonds. The van der Waals surface area contributed by atoms with Crippen LogP contribution in [0.25, 0.3) is 0 Å². The van der Waals surface area contributed by atoms with E-state index in [1.165, 1.54) is 4.90 Å². The van der Waals surface area contributed by atoms with Gasteiger partial charge in [0.15, 0.2) is 5.54 Å². The SMILES string of the molecule is CCCN1C(=O)c2ccccc2[C@](NC(=O)OC(C)(C)C)(c2ccc[nH]2)C1=O. The number of rotatable bonds is 4. The summed E-state index contributed by atoms with van der Waals surface area (Å²) < 4.78 is 5.43. The van der Waals surface area contributed by atoms with Crippen LogP contribution in [0.4, 0.5) is 4.79 Å². The number of ether oxygens (including phenoxy) is 1. The Balaban J connectivity index is 2.22. The molecule has 0 bridgehead atoms. The normalized spacial score (nSPS) is 19.4. The number of nitrogens with one attached hydrogen (secondary N) is 2. The van der Waals surface area contributed by atoms with Crippen molar-refractivity contribution in [1.82, 2.24) is 15.2 Å². The van der Waals surface area contributed by atoms with Crippen LogP contribution in [0, 0.1) is 0 Å². The monoisotopic (exact) mass is 383 g/mol. The van der Waals surface area contributed by atoms with E-state index in [9.17, 15) is 14.4 Å². The molecular weight excluding hydrogens is 358 g/mol. The van der Waals surface area contributed by atoms with Crippen molar-refractivity contribution in [3.05, 3.63) is 59.4 Å². The third-order valence-electron chi connectivity index (χ3n) is 4.51. The molecule has 0 saturated heterocycles. The number of carbonyl (C=O) groups is 3. The fourth-order valence-electron chi connectivity index (χ4n) is 3.45. The molecule has 2 N–H and O–H groups in total. The van der Waals surface area contributed by atoms with Crippen LogP contribution in [-0.2, 0) is 15.1 Å². The fraction of sp³-hybridized carbons (Fsp3) is 0.381. The first kappa shape index (κ1) is 19.7. The van der Waals surface area contributed by atoms with Crippen molar-refractivity contribution in [3.8, 4) is 0 Å². The second-order valence-electron chi connectivity index (χ2n) is 7.77. The van der Waals surface area contributed by atoms with E-state index in [4.69, 9.17) is 4.74 Å². The van der Waals surface area contributed by atoms with Crippen LogP contribution in [0.3, 0.4) is 0 Å². The minimum Gasteiger partial charge on any atom is -0.444 e. The van der Waals surface area contributed by atoms with E-state index in [2.05, 4.69) is 10.3 Å². The van der Waals surface area contributed by atoms with Crippen LogP contribution in [0.2, 0.25) is 0 Å². The van der Waals surface area contributed by atoms with E-state index in [1.54, 1.807) is 63.4 Å². The summed E-state index contributed by atoms with van der Waals surface area (Å²) in [6.07, 6.45) is 1.54. The molecule has 1 aliphatic heterocycles. The second-order valence-corrected chi connectivity index (χ2v) is 7.77. The van der Waals surface area contributed by atoms with Crippen LogP contribution in [-0.4, -0.2) is 39.9 Å². The summed E-state index contributed by atoms with van der Waals surface area (Å²) in [6, 6.07) is 10.3. The molecule has 0 fully saturated rings. The average molecular weight is 383 g/mol. The van der Waals surface area contributed by atoms with Crippen molar-refractivity contribution in [1.29, 1.82) is 0 Å². The number of aromatic nitrogens is 1. The van der Waals surface area contributed by atoms with Crippen molar-refractivity contribution >= 4 is 17.9 Å². The first-order valence-corrected chi connectivity index (χ1v) is 9.31. The summed E-state index contributed by atoms with van der Waals surface area (Å²) >= 11 is 0. The Hall–Kier alpha value is -3.09. The highest BCUT2D eigenvalue weighted by Gasteiger charge is 2.54. The maximum atomic E-state index is 13.6. The smallest absolute Gasteiger partial charge is 0.409 e. The third-order valence-corrected chi connectivity index (χ3v) is 4.51. The average Bonchev–Trinajstić information content (AvgIpc) is 3.16. The van der Waals surface area contributed by atoms with Gasteiger partial charge in [0.05, 0.1) is 5.69 Å². The number of imide groups is 1. The predicted molar refractivity (Wildman–Crippen MR) is 104 cm³/mol. The summed E-state index contributed by atoms with van der Waals surface area (Å²) in [6.45, 7) is 7.38. The van der Waals surface area contributed by atoms with Crippen molar-refractivity contribution in [2.45, 2.75) is 45.3 Å². The van der Waals surface area contributed by atoms with Crippen LogP contribution >= 0.6 is 0 Å². The molecule has 0 saturated carbocycles. The Bertz CT molecular complexity index is 899. The molecule has 0 radical (unpaired) electrons. The highest BCUT2D eigenvalue weighted by Crippen LogP contribution is 2.38. The van der Waals surface area contributed by atoms with Gasteiger partial charge < -0.3 is 9.72 Å². The van der Waals surface area contributed by atoms with Gasteiger partial charge in [-0.2, -0.15) is 0 Å². The zero-order chi connectivity index (χ0) is 20.5. The van der Waals surface area contributed by atoms with Gasteiger partial charge in [0.1, 0.15) is 5.60 Å². The number of hydrogen-bond acceptors (Lipinski definition) is 4. The van der Waals surface area contributed by atoms with Crippen LogP contribution in [0.1, 0.15) is 55.7 Å². The number of H-pyrrole nitrogens is 1. The van der Waals surface area contributed by atoms with E-state index >= 15 is 0 Å². The molecule has 2 heterocycles. The fourth-order valence-corrected chi connectivity index (χ4v) is 3.45. The van der Waals surface area contributed by atoms with E-state index in [1.807, 2.05) is 6.92 Å². The largest absolute Gasteiger partial charge is 0.444 e.